The Morgan fingerprint density at radius 3 is 2.67 bits per heavy atom. The van der Waals surface area contributed by atoms with E-state index in [1.165, 1.54) is 19.3 Å². The number of fused-ring (bicyclic) bond motifs is 1. The maximum Gasteiger partial charge on any atom is 0.224 e. The van der Waals surface area contributed by atoms with E-state index >= 15 is 0 Å². The molecule has 2 aromatic heterocycles. The van der Waals surface area contributed by atoms with Gasteiger partial charge in [0.2, 0.25) is 5.91 Å². The second-order valence-electron chi connectivity index (χ2n) is 9.27. The Bertz CT molecular complexity index is 891. The second kappa shape index (κ2) is 5.81. The molecule has 0 aliphatic heterocycles. The Kier molecular flexibility index (Phi) is 3.61. The van der Waals surface area contributed by atoms with E-state index in [2.05, 4.69) is 34.1 Å². The van der Waals surface area contributed by atoms with Gasteiger partial charge in [-0.05, 0) is 42.9 Å². The highest BCUT2D eigenvalue weighted by Crippen LogP contribution is 2.65. The quantitative estimate of drug-likeness (QED) is 0.905. The molecule has 2 heterocycles. The molecule has 6 heteroatoms. The Hall–Kier alpha value is -2.37. The molecular weight excluding hydrogens is 338 g/mol. The van der Waals surface area contributed by atoms with E-state index in [0.29, 0.717) is 16.9 Å². The molecule has 1 spiro atoms. The van der Waals surface area contributed by atoms with Crippen LogP contribution in [-0.2, 0) is 11.2 Å². The normalized spacial score (nSPS) is 26.7. The first kappa shape index (κ1) is 16.8. The number of aromatic nitrogens is 4. The van der Waals surface area contributed by atoms with E-state index in [-0.39, 0.29) is 23.3 Å². The molecule has 5 rings (SSSR count). The highest BCUT2D eigenvalue weighted by Gasteiger charge is 2.61. The zero-order chi connectivity index (χ0) is 18.6. The standard InChI is InChI=1S/C21H25N5O/c1-20(2)9-15-13(11-24-18(25-15)17-12-22-6-7-23-17)16(10-20)26-19(27)14-8-21(14)4-3-5-21/h6-7,11-12,14,16H,3-5,8-10H2,1-2H3,(H,26,27)/t14-,16-/m1/s1. The van der Waals surface area contributed by atoms with Crippen LogP contribution in [-0.4, -0.2) is 25.8 Å². The summed E-state index contributed by atoms with van der Waals surface area (Å²) >= 11 is 0. The second-order valence-corrected chi connectivity index (χ2v) is 9.27. The molecule has 2 aromatic rings. The number of rotatable bonds is 3. The summed E-state index contributed by atoms with van der Waals surface area (Å²) in [6.45, 7) is 4.48. The SMILES string of the molecule is CC1(C)Cc2nc(-c3cnccn3)ncc2[C@H](NC(=O)[C@H]2CC23CCC3)C1. The fraction of sp³-hybridized carbons (Fsp3) is 0.571. The number of amides is 1. The average Bonchev–Trinajstić information content (AvgIpc) is 3.38. The fourth-order valence-electron chi connectivity index (χ4n) is 4.89. The number of carbonyl (C=O) groups excluding carboxylic acids is 1. The zero-order valence-electron chi connectivity index (χ0n) is 15.9. The Labute approximate surface area is 159 Å². The van der Waals surface area contributed by atoms with Crippen molar-refractivity contribution in [2.24, 2.45) is 16.7 Å². The van der Waals surface area contributed by atoms with Crippen molar-refractivity contribution in [1.82, 2.24) is 25.3 Å². The molecule has 3 aliphatic carbocycles. The van der Waals surface area contributed by atoms with Crippen molar-refractivity contribution in [1.29, 1.82) is 0 Å². The van der Waals surface area contributed by atoms with Crippen molar-refractivity contribution in [2.45, 2.75) is 58.4 Å². The van der Waals surface area contributed by atoms with Gasteiger partial charge >= 0.3 is 0 Å². The fourth-order valence-corrected chi connectivity index (χ4v) is 4.89. The van der Waals surface area contributed by atoms with Gasteiger partial charge in [-0.15, -0.1) is 0 Å². The number of carbonyl (C=O) groups is 1. The first-order valence-electron chi connectivity index (χ1n) is 9.88. The third kappa shape index (κ3) is 2.91. The molecule has 140 valence electrons. The minimum absolute atomic E-state index is 0.00937. The highest BCUT2D eigenvalue weighted by atomic mass is 16.2. The summed E-state index contributed by atoms with van der Waals surface area (Å²) in [5.74, 6) is 1.04. The molecule has 27 heavy (non-hydrogen) atoms. The molecule has 0 bridgehead atoms. The molecule has 1 N–H and O–H groups in total. The highest BCUT2D eigenvalue weighted by molar-refractivity contribution is 5.83. The monoisotopic (exact) mass is 363 g/mol. The van der Waals surface area contributed by atoms with Gasteiger partial charge in [0, 0.05) is 30.1 Å². The largest absolute Gasteiger partial charge is 0.349 e. The maximum atomic E-state index is 12.8. The first-order chi connectivity index (χ1) is 13.0. The van der Waals surface area contributed by atoms with Gasteiger partial charge in [0.15, 0.2) is 5.82 Å². The molecule has 2 atom stereocenters. The van der Waals surface area contributed by atoms with Crippen LogP contribution in [0.25, 0.3) is 11.5 Å². The van der Waals surface area contributed by atoms with Crippen molar-refractivity contribution in [3.63, 3.8) is 0 Å². The van der Waals surface area contributed by atoms with Crippen molar-refractivity contribution in [3.05, 3.63) is 36.0 Å². The third-order valence-electron chi connectivity index (χ3n) is 6.64. The Morgan fingerprint density at radius 1 is 1.15 bits per heavy atom. The lowest BCUT2D eigenvalue weighted by atomic mass is 9.74. The molecule has 6 nitrogen and oxygen atoms in total. The number of nitrogens with zero attached hydrogens (tertiary/aromatic N) is 4. The lowest BCUT2D eigenvalue weighted by molar-refractivity contribution is -0.124. The predicted molar refractivity (Wildman–Crippen MR) is 100 cm³/mol. The van der Waals surface area contributed by atoms with E-state index in [4.69, 9.17) is 4.98 Å². The summed E-state index contributed by atoms with van der Waals surface area (Å²) < 4.78 is 0. The average molecular weight is 363 g/mol. The van der Waals surface area contributed by atoms with Crippen LogP contribution in [0.5, 0.6) is 0 Å². The van der Waals surface area contributed by atoms with Gasteiger partial charge in [-0.25, -0.2) is 15.0 Å². The van der Waals surface area contributed by atoms with Gasteiger partial charge < -0.3 is 5.32 Å². The van der Waals surface area contributed by atoms with Gasteiger partial charge in [0.25, 0.3) is 0 Å². The minimum Gasteiger partial charge on any atom is -0.349 e. The summed E-state index contributed by atoms with van der Waals surface area (Å²) in [7, 11) is 0. The van der Waals surface area contributed by atoms with Crippen LogP contribution in [0.3, 0.4) is 0 Å². The summed E-state index contributed by atoms with van der Waals surface area (Å²) in [4.78, 5) is 30.5. The minimum atomic E-state index is -0.00937. The molecular formula is C21H25N5O. The summed E-state index contributed by atoms with van der Waals surface area (Å²) in [6.07, 6.45) is 13.4. The Morgan fingerprint density at radius 2 is 2.00 bits per heavy atom. The lowest BCUT2D eigenvalue weighted by Crippen LogP contribution is -2.39. The van der Waals surface area contributed by atoms with Gasteiger partial charge in [0.05, 0.1) is 17.9 Å². The lowest BCUT2D eigenvalue weighted by Gasteiger charge is -2.37. The van der Waals surface area contributed by atoms with Crippen LogP contribution >= 0.6 is 0 Å². The molecule has 2 saturated carbocycles. The summed E-state index contributed by atoms with van der Waals surface area (Å²) in [6, 6.07) is -0.00937. The van der Waals surface area contributed by atoms with Crippen molar-refractivity contribution in [3.8, 4) is 11.5 Å². The topological polar surface area (TPSA) is 80.7 Å². The third-order valence-corrected chi connectivity index (χ3v) is 6.64. The van der Waals surface area contributed by atoms with Crippen LogP contribution in [0.4, 0.5) is 0 Å². The van der Waals surface area contributed by atoms with Gasteiger partial charge in [-0.2, -0.15) is 0 Å². The molecule has 0 aromatic carbocycles. The maximum absolute atomic E-state index is 12.8. The van der Waals surface area contributed by atoms with Crippen LogP contribution in [0, 0.1) is 16.7 Å². The van der Waals surface area contributed by atoms with Gasteiger partial charge in [0.1, 0.15) is 5.69 Å². The molecule has 0 saturated heterocycles. The molecule has 1 amide bonds. The van der Waals surface area contributed by atoms with Crippen LogP contribution in [0.1, 0.15) is 63.3 Å². The van der Waals surface area contributed by atoms with E-state index < -0.39 is 0 Å². The van der Waals surface area contributed by atoms with Gasteiger partial charge in [-0.1, -0.05) is 20.3 Å². The smallest absolute Gasteiger partial charge is 0.224 e. The molecule has 3 aliphatic rings. The van der Waals surface area contributed by atoms with Gasteiger partial charge in [-0.3, -0.25) is 9.78 Å². The van der Waals surface area contributed by atoms with E-state index in [9.17, 15) is 4.79 Å². The van der Waals surface area contributed by atoms with Crippen LogP contribution in [0.2, 0.25) is 0 Å². The molecule has 0 radical (unpaired) electrons. The molecule has 2 fully saturated rings. The van der Waals surface area contributed by atoms with E-state index in [1.54, 1.807) is 18.6 Å². The zero-order valence-corrected chi connectivity index (χ0v) is 15.9. The summed E-state index contributed by atoms with van der Waals surface area (Å²) in [5.41, 5.74) is 3.18. The van der Waals surface area contributed by atoms with Crippen molar-refractivity contribution >= 4 is 5.91 Å². The van der Waals surface area contributed by atoms with Crippen molar-refractivity contribution < 1.29 is 4.79 Å². The number of hydrogen-bond donors (Lipinski definition) is 1. The number of hydrogen-bond acceptors (Lipinski definition) is 5. The van der Waals surface area contributed by atoms with Crippen LogP contribution < -0.4 is 5.32 Å². The number of nitrogens with one attached hydrogen (secondary N) is 1. The van der Waals surface area contributed by atoms with E-state index in [1.807, 2.05) is 6.20 Å². The summed E-state index contributed by atoms with van der Waals surface area (Å²) in [5, 5.41) is 3.33. The Balaban J connectivity index is 1.42. The van der Waals surface area contributed by atoms with Crippen LogP contribution in [0.15, 0.2) is 24.8 Å². The molecule has 0 unspecified atom stereocenters. The predicted octanol–water partition coefficient (Wildman–Crippen LogP) is 3.25. The van der Waals surface area contributed by atoms with E-state index in [0.717, 1.165) is 30.5 Å². The first-order valence-corrected chi connectivity index (χ1v) is 9.88. The van der Waals surface area contributed by atoms with Crippen molar-refractivity contribution in [2.75, 3.05) is 0 Å².